The maximum Gasteiger partial charge on any atom is 0.0503 e. The molecule has 1 aromatic carbocycles. The lowest BCUT2D eigenvalue weighted by atomic mass is 9.85. The van der Waals surface area contributed by atoms with Gasteiger partial charge in [0.2, 0.25) is 0 Å². The van der Waals surface area contributed by atoms with Crippen molar-refractivity contribution in [2.75, 3.05) is 24.5 Å². The molecule has 0 bridgehead atoms. The summed E-state index contributed by atoms with van der Waals surface area (Å²) in [7, 11) is 0. The van der Waals surface area contributed by atoms with E-state index in [0.717, 1.165) is 24.7 Å². The second kappa shape index (κ2) is 5.55. The molecular formula is C14H20ClIN2. The fourth-order valence-electron chi connectivity index (χ4n) is 2.29. The summed E-state index contributed by atoms with van der Waals surface area (Å²) in [6, 6.07) is 6.67. The van der Waals surface area contributed by atoms with Crippen LogP contribution in [0, 0.1) is 8.99 Å². The van der Waals surface area contributed by atoms with Gasteiger partial charge in [0.05, 0.1) is 5.69 Å². The lowest BCUT2D eigenvalue weighted by Crippen LogP contribution is -2.56. The van der Waals surface area contributed by atoms with Gasteiger partial charge in [-0.15, -0.1) is 0 Å². The standard InChI is InChI=1S/C14H20ClIN2/c1-14(2,3)13-9-18(7-6-17-13)12-5-4-10(15)8-11(12)16/h4-5,8,13,17H,6-7,9H2,1-3H3. The molecule has 1 aliphatic heterocycles. The summed E-state index contributed by atoms with van der Waals surface area (Å²) in [4.78, 5) is 2.46. The number of rotatable bonds is 1. The minimum Gasteiger partial charge on any atom is -0.368 e. The average molecular weight is 379 g/mol. The van der Waals surface area contributed by atoms with Gasteiger partial charge in [0.15, 0.2) is 0 Å². The van der Waals surface area contributed by atoms with E-state index in [1.165, 1.54) is 9.26 Å². The summed E-state index contributed by atoms with van der Waals surface area (Å²) in [5, 5.41) is 4.43. The number of nitrogens with zero attached hydrogens (tertiary/aromatic N) is 1. The van der Waals surface area contributed by atoms with Crippen LogP contribution in [-0.4, -0.2) is 25.7 Å². The molecule has 100 valence electrons. The van der Waals surface area contributed by atoms with E-state index in [4.69, 9.17) is 11.6 Å². The van der Waals surface area contributed by atoms with Gasteiger partial charge < -0.3 is 10.2 Å². The van der Waals surface area contributed by atoms with E-state index in [1.807, 2.05) is 12.1 Å². The van der Waals surface area contributed by atoms with Gasteiger partial charge in [0.25, 0.3) is 0 Å². The predicted molar refractivity (Wildman–Crippen MR) is 87.6 cm³/mol. The van der Waals surface area contributed by atoms with Crippen molar-refractivity contribution in [1.29, 1.82) is 0 Å². The molecule has 1 atom stereocenters. The first-order valence-corrected chi connectivity index (χ1v) is 7.77. The number of anilines is 1. The first-order valence-electron chi connectivity index (χ1n) is 6.31. The lowest BCUT2D eigenvalue weighted by Gasteiger charge is -2.41. The molecule has 1 aliphatic rings. The lowest BCUT2D eigenvalue weighted by molar-refractivity contribution is 0.254. The van der Waals surface area contributed by atoms with Crippen molar-refractivity contribution in [1.82, 2.24) is 5.32 Å². The molecule has 1 saturated heterocycles. The molecule has 0 aliphatic carbocycles. The molecule has 1 aromatic rings. The summed E-state index contributed by atoms with van der Waals surface area (Å²) in [5.74, 6) is 0. The van der Waals surface area contributed by atoms with Crippen molar-refractivity contribution >= 4 is 39.9 Å². The maximum atomic E-state index is 6.02. The van der Waals surface area contributed by atoms with Crippen molar-refractivity contribution < 1.29 is 0 Å². The highest BCUT2D eigenvalue weighted by Gasteiger charge is 2.29. The van der Waals surface area contributed by atoms with E-state index in [1.54, 1.807) is 0 Å². The van der Waals surface area contributed by atoms with Crippen LogP contribution < -0.4 is 10.2 Å². The van der Waals surface area contributed by atoms with Gasteiger partial charge in [0.1, 0.15) is 0 Å². The van der Waals surface area contributed by atoms with Gasteiger partial charge in [-0.05, 0) is 46.2 Å². The molecule has 0 radical (unpaired) electrons. The van der Waals surface area contributed by atoms with Crippen molar-refractivity contribution in [2.45, 2.75) is 26.8 Å². The first-order chi connectivity index (χ1) is 8.38. The summed E-state index contributed by atoms with van der Waals surface area (Å²) in [5.41, 5.74) is 1.59. The van der Waals surface area contributed by atoms with Gasteiger partial charge >= 0.3 is 0 Å². The van der Waals surface area contributed by atoms with E-state index in [2.05, 4.69) is 59.6 Å². The summed E-state index contributed by atoms with van der Waals surface area (Å²) in [6.45, 7) is 10.0. The molecule has 2 nitrogen and oxygen atoms in total. The molecule has 1 heterocycles. The minimum absolute atomic E-state index is 0.288. The Morgan fingerprint density at radius 3 is 2.72 bits per heavy atom. The Balaban J connectivity index is 2.18. The highest BCUT2D eigenvalue weighted by atomic mass is 127. The number of benzene rings is 1. The van der Waals surface area contributed by atoms with Crippen molar-refractivity contribution in [3.8, 4) is 0 Å². The van der Waals surface area contributed by atoms with Gasteiger partial charge in [-0.2, -0.15) is 0 Å². The number of halogens is 2. The van der Waals surface area contributed by atoms with Crippen molar-refractivity contribution in [2.24, 2.45) is 5.41 Å². The SMILES string of the molecule is CC(C)(C)C1CN(c2ccc(Cl)cc2I)CCN1. The smallest absolute Gasteiger partial charge is 0.0503 e. The molecule has 0 aromatic heterocycles. The van der Waals surface area contributed by atoms with Crippen LogP contribution in [-0.2, 0) is 0 Å². The largest absolute Gasteiger partial charge is 0.368 e. The normalized spacial score (nSPS) is 21.2. The molecule has 18 heavy (non-hydrogen) atoms. The van der Waals surface area contributed by atoms with E-state index in [0.29, 0.717) is 6.04 Å². The highest BCUT2D eigenvalue weighted by molar-refractivity contribution is 14.1. The number of piperazine rings is 1. The fraction of sp³-hybridized carbons (Fsp3) is 0.571. The Hall–Kier alpha value is -0.0000000000000000763. The van der Waals surface area contributed by atoms with Crippen molar-refractivity contribution in [3.05, 3.63) is 26.8 Å². The second-order valence-electron chi connectivity index (χ2n) is 5.91. The molecule has 0 saturated carbocycles. The Kier molecular flexibility index (Phi) is 4.44. The second-order valence-corrected chi connectivity index (χ2v) is 7.51. The fourth-order valence-corrected chi connectivity index (χ4v) is 3.50. The van der Waals surface area contributed by atoms with Crippen LogP contribution in [0.3, 0.4) is 0 Å². The third-order valence-electron chi connectivity index (χ3n) is 3.47. The zero-order chi connectivity index (χ0) is 13.3. The number of hydrogen-bond acceptors (Lipinski definition) is 2. The van der Waals surface area contributed by atoms with E-state index in [9.17, 15) is 0 Å². The predicted octanol–water partition coefficient (Wildman–Crippen LogP) is 3.77. The number of nitrogens with one attached hydrogen (secondary N) is 1. The molecule has 2 rings (SSSR count). The van der Waals surface area contributed by atoms with Crippen molar-refractivity contribution in [3.63, 3.8) is 0 Å². The van der Waals surface area contributed by atoms with Crippen LogP contribution in [0.1, 0.15) is 20.8 Å². The van der Waals surface area contributed by atoms with Gasteiger partial charge in [0, 0.05) is 34.3 Å². The monoisotopic (exact) mass is 378 g/mol. The van der Waals surface area contributed by atoms with Crippen LogP contribution in [0.5, 0.6) is 0 Å². The van der Waals surface area contributed by atoms with Gasteiger partial charge in [-0.3, -0.25) is 0 Å². The number of hydrogen-bond donors (Lipinski definition) is 1. The van der Waals surface area contributed by atoms with E-state index < -0.39 is 0 Å². The van der Waals surface area contributed by atoms with E-state index >= 15 is 0 Å². The molecule has 1 fully saturated rings. The van der Waals surface area contributed by atoms with Crippen LogP contribution in [0.4, 0.5) is 5.69 Å². The topological polar surface area (TPSA) is 15.3 Å². The maximum absolute atomic E-state index is 6.02. The zero-order valence-electron chi connectivity index (χ0n) is 11.1. The summed E-state index contributed by atoms with van der Waals surface area (Å²) >= 11 is 8.39. The van der Waals surface area contributed by atoms with Crippen LogP contribution in [0.15, 0.2) is 18.2 Å². The molecule has 4 heteroatoms. The van der Waals surface area contributed by atoms with E-state index in [-0.39, 0.29) is 5.41 Å². The average Bonchev–Trinajstić information content (AvgIpc) is 2.28. The molecular weight excluding hydrogens is 359 g/mol. The first kappa shape index (κ1) is 14.4. The molecule has 0 amide bonds. The summed E-state index contributed by atoms with van der Waals surface area (Å²) in [6.07, 6.45) is 0. The molecule has 1 N–H and O–H groups in total. The summed E-state index contributed by atoms with van der Waals surface area (Å²) < 4.78 is 1.23. The Bertz CT molecular complexity index is 428. The van der Waals surface area contributed by atoms with Gasteiger partial charge in [-0.1, -0.05) is 32.4 Å². The Morgan fingerprint density at radius 1 is 1.39 bits per heavy atom. The zero-order valence-corrected chi connectivity index (χ0v) is 14.0. The Morgan fingerprint density at radius 2 is 2.11 bits per heavy atom. The van der Waals surface area contributed by atoms with Crippen LogP contribution >= 0.6 is 34.2 Å². The molecule has 1 unspecified atom stereocenters. The molecule has 0 spiro atoms. The minimum atomic E-state index is 0.288. The van der Waals surface area contributed by atoms with Gasteiger partial charge in [-0.25, -0.2) is 0 Å². The van der Waals surface area contributed by atoms with Crippen LogP contribution in [0.2, 0.25) is 5.02 Å². The highest BCUT2D eigenvalue weighted by Crippen LogP contribution is 2.29. The van der Waals surface area contributed by atoms with Crippen LogP contribution in [0.25, 0.3) is 0 Å². The third kappa shape index (κ3) is 3.31. The quantitative estimate of drug-likeness (QED) is 0.748. The Labute approximate surface area is 128 Å². The third-order valence-corrected chi connectivity index (χ3v) is 4.57.